The normalized spacial score (nSPS) is 10.6. The van der Waals surface area contributed by atoms with Crippen LogP contribution in [0.3, 0.4) is 0 Å². The number of aromatic nitrogens is 3. The first-order chi connectivity index (χ1) is 10.1. The zero-order chi connectivity index (χ0) is 15.4. The van der Waals surface area contributed by atoms with Crippen LogP contribution in [0.25, 0.3) is 5.69 Å². The lowest BCUT2D eigenvalue weighted by Gasteiger charge is -2.11. The molecule has 0 aliphatic heterocycles. The Morgan fingerprint density at radius 2 is 2.19 bits per heavy atom. The van der Waals surface area contributed by atoms with E-state index in [0.717, 1.165) is 28.8 Å². The van der Waals surface area contributed by atoms with Crippen LogP contribution in [0.5, 0.6) is 5.75 Å². The van der Waals surface area contributed by atoms with Gasteiger partial charge in [-0.3, -0.25) is 9.36 Å². The van der Waals surface area contributed by atoms with Crippen molar-refractivity contribution in [3.63, 3.8) is 0 Å². The van der Waals surface area contributed by atoms with Gasteiger partial charge in [0, 0.05) is 0 Å². The number of nitrogens with zero attached hydrogens (tertiary/aromatic N) is 3. The molecule has 0 aliphatic carbocycles. The highest BCUT2D eigenvalue weighted by molar-refractivity contribution is 7.99. The molecule has 2 rings (SSSR count). The molecule has 0 fully saturated rings. The first kappa shape index (κ1) is 15.3. The van der Waals surface area contributed by atoms with Gasteiger partial charge in [-0.2, -0.15) is 0 Å². The van der Waals surface area contributed by atoms with E-state index in [9.17, 15) is 9.90 Å². The second kappa shape index (κ2) is 6.59. The summed E-state index contributed by atoms with van der Waals surface area (Å²) in [5, 5.41) is 26.4. The number of hydrogen-bond donors (Lipinski definition) is 2. The smallest absolute Gasteiger partial charge is 0.313 e. The van der Waals surface area contributed by atoms with Crippen LogP contribution in [0, 0.1) is 6.92 Å². The molecule has 8 heteroatoms. The summed E-state index contributed by atoms with van der Waals surface area (Å²) in [7, 11) is 1.59. The average Bonchev–Trinajstić information content (AvgIpc) is 2.87. The van der Waals surface area contributed by atoms with Crippen LogP contribution in [0.2, 0.25) is 0 Å². The van der Waals surface area contributed by atoms with E-state index in [1.54, 1.807) is 23.8 Å². The number of methoxy groups -OCH3 is 1. The number of aliphatic hydroxyl groups excluding tert-OH is 1. The molecule has 1 aromatic heterocycles. The van der Waals surface area contributed by atoms with Crippen LogP contribution >= 0.6 is 11.8 Å². The number of benzene rings is 1. The summed E-state index contributed by atoms with van der Waals surface area (Å²) < 4.78 is 6.85. The van der Waals surface area contributed by atoms with E-state index in [-0.39, 0.29) is 12.4 Å². The molecule has 0 unspecified atom stereocenters. The predicted octanol–water partition coefficient (Wildman–Crippen LogP) is 1.25. The van der Waals surface area contributed by atoms with Crippen molar-refractivity contribution < 1.29 is 19.7 Å². The lowest BCUT2D eigenvalue weighted by molar-refractivity contribution is -0.133. The van der Waals surface area contributed by atoms with Gasteiger partial charge in [-0.1, -0.05) is 11.8 Å². The number of rotatable bonds is 6. The van der Waals surface area contributed by atoms with Crippen LogP contribution in [0.4, 0.5) is 0 Å². The highest BCUT2D eigenvalue weighted by Crippen LogP contribution is 2.26. The monoisotopic (exact) mass is 309 g/mol. The van der Waals surface area contributed by atoms with Crippen molar-refractivity contribution in [2.45, 2.75) is 18.7 Å². The van der Waals surface area contributed by atoms with Gasteiger partial charge < -0.3 is 14.9 Å². The van der Waals surface area contributed by atoms with E-state index in [0.29, 0.717) is 11.0 Å². The Labute approximate surface area is 125 Å². The van der Waals surface area contributed by atoms with Crippen molar-refractivity contribution in [1.29, 1.82) is 0 Å². The molecule has 7 nitrogen and oxygen atoms in total. The van der Waals surface area contributed by atoms with E-state index in [4.69, 9.17) is 9.84 Å². The molecule has 0 saturated heterocycles. The van der Waals surface area contributed by atoms with Crippen LogP contribution in [-0.4, -0.2) is 43.8 Å². The number of ether oxygens (including phenoxy) is 1. The molecular weight excluding hydrogens is 294 g/mol. The Morgan fingerprint density at radius 3 is 2.76 bits per heavy atom. The molecule has 21 heavy (non-hydrogen) atoms. The lowest BCUT2D eigenvalue weighted by Crippen LogP contribution is -2.05. The minimum Gasteiger partial charge on any atom is -0.496 e. The van der Waals surface area contributed by atoms with Gasteiger partial charge in [-0.15, -0.1) is 10.2 Å². The van der Waals surface area contributed by atoms with Crippen molar-refractivity contribution in [3.05, 3.63) is 29.6 Å². The van der Waals surface area contributed by atoms with Crippen LogP contribution < -0.4 is 4.74 Å². The second-order valence-corrected chi connectivity index (χ2v) is 5.17. The van der Waals surface area contributed by atoms with Crippen LogP contribution in [-0.2, 0) is 11.4 Å². The van der Waals surface area contributed by atoms with E-state index >= 15 is 0 Å². The third-order valence-corrected chi connectivity index (χ3v) is 3.72. The van der Waals surface area contributed by atoms with E-state index in [1.807, 2.05) is 13.0 Å². The number of thioether (sulfide) groups is 1. The van der Waals surface area contributed by atoms with Crippen molar-refractivity contribution in [1.82, 2.24) is 14.8 Å². The SMILES string of the molecule is COc1ccc(-n2c(CO)nnc2SCC(=O)O)cc1C. The van der Waals surface area contributed by atoms with E-state index in [2.05, 4.69) is 10.2 Å². The Bertz CT molecular complexity index is 657. The Hall–Kier alpha value is -2.06. The topological polar surface area (TPSA) is 97.5 Å². The summed E-state index contributed by atoms with van der Waals surface area (Å²) in [6.07, 6.45) is 0. The maximum atomic E-state index is 10.7. The van der Waals surface area contributed by atoms with Gasteiger partial charge in [0.25, 0.3) is 0 Å². The molecule has 112 valence electrons. The molecular formula is C13H15N3O4S. The molecule has 0 spiro atoms. The fourth-order valence-electron chi connectivity index (χ4n) is 1.88. The standard InChI is InChI=1S/C13H15N3O4S/c1-8-5-9(3-4-10(8)20-2)16-11(6-17)14-15-13(16)21-7-12(18)19/h3-5,17H,6-7H2,1-2H3,(H,18,19). The van der Waals surface area contributed by atoms with E-state index in [1.165, 1.54) is 0 Å². The highest BCUT2D eigenvalue weighted by Gasteiger charge is 2.15. The van der Waals surface area contributed by atoms with Gasteiger partial charge in [0.1, 0.15) is 12.4 Å². The van der Waals surface area contributed by atoms with Gasteiger partial charge in [0.2, 0.25) is 0 Å². The van der Waals surface area contributed by atoms with Crippen molar-refractivity contribution >= 4 is 17.7 Å². The Morgan fingerprint density at radius 1 is 1.43 bits per heavy atom. The minimum atomic E-state index is -0.939. The summed E-state index contributed by atoms with van der Waals surface area (Å²) >= 11 is 1.05. The van der Waals surface area contributed by atoms with E-state index < -0.39 is 5.97 Å². The largest absolute Gasteiger partial charge is 0.496 e. The summed E-state index contributed by atoms with van der Waals surface area (Å²) in [6, 6.07) is 5.48. The zero-order valence-corrected chi connectivity index (χ0v) is 12.4. The molecule has 2 N–H and O–H groups in total. The third-order valence-electron chi connectivity index (χ3n) is 2.80. The van der Waals surface area contributed by atoms with Crippen LogP contribution in [0.15, 0.2) is 23.4 Å². The van der Waals surface area contributed by atoms with Crippen LogP contribution in [0.1, 0.15) is 11.4 Å². The molecule has 1 heterocycles. The summed E-state index contributed by atoms with van der Waals surface area (Å²) in [4.78, 5) is 10.7. The minimum absolute atomic E-state index is 0.126. The number of carboxylic acid groups (broad SMARTS) is 1. The first-order valence-electron chi connectivity index (χ1n) is 6.11. The molecule has 2 aromatic rings. The molecule has 0 saturated carbocycles. The summed E-state index contributed by atoms with van der Waals surface area (Å²) in [5.41, 5.74) is 1.66. The van der Waals surface area contributed by atoms with Gasteiger partial charge in [0.15, 0.2) is 11.0 Å². The van der Waals surface area contributed by atoms with Gasteiger partial charge in [-0.05, 0) is 30.7 Å². The third kappa shape index (κ3) is 3.34. The molecule has 0 radical (unpaired) electrons. The predicted molar refractivity (Wildman–Crippen MR) is 76.9 cm³/mol. The number of aliphatic hydroxyl groups is 1. The number of carbonyl (C=O) groups is 1. The fourth-order valence-corrected chi connectivity index (χ4v) is 2.57. The summed E-state index contributed by atoms with van der Waals surface area (Å²) in [6.45, 7) is 1.61. The highest BCUT2D eigenvalue weighted by atomic mass is 32.2. The Kier molecular flexibility index (Phi) is 4.81. The number of aryl methyl sites for hydroxylation is 1. The Balaban J connectivity index is 2.43. The number of aliphatic carboxylic acids is 1. The maximum absolute atomic E-state index is 10.7. The number of hydrogen-bond acceptors (Lipinski definition) is 6. The second-order valence-electron chi connectivity index (χ2n) is 4.23. The van der Waals surface area contributed by atoms with Crippen molar-refractivity contribution in [2.24, 2.45) is 0 Å². The molecule has 1 aromatic carbocycles. The molecule has 0 atom stereocenters. The first-order valence-corrected chi connectivity index (χ1v) is 7.10. The molecule has 0 aliphatic rings. The maximum Gasteiger partial charge on any atom is 0.313 e. The quantitative estimate of drug-likeness (QED) is 0.775. The van der Waals surface area contributed by atoms with Gasteiger partial charge in [-0.25, -0.2) is 0 Å². The molecule has 0 amide bonds. The fraction of sp³-hybridized carbons (Fsp3) is 0.308. The van der Waals surface area contributed by atoms with Crippen molar-refractivity contribution in [2.75, 3.05) is 12.9 Å². The van der Waals surface area contributed by atoms with Gasteiger partial charge in [0.05, 0.1) is 18.6 Å². The van der Waals surface area contributed by atoms with Crippen molar-refractivity contribution in [3.8, 4) is 11.4 Å². The average molecular weight is 309 g/mol. The summed E-state index contributed by atoms with van der Waals surface area (Å²) in [5.74, 6) is 0.0363. The molecule has 0 bridgehead atoms. The lowest BCUT2D eigenvalue weighted by atomic mass is 10.2. The number of carboxylic acids is 1. The van der Waals surface area contributed by atoms with Gasteiger partial charge >= 0.3 is 5.97 Å². The zero-order valence-electron chi connectivity index (χ0n) is 11.6.